The Bertz CT molecular complexity index is 332. The minimum Gasteiger partial charge on any atom is -0.465 e. The summed E-state index contributed by atoms with van der Waals surface area (Å²) in [5.41, 5.74) is 6.34. The van der Waals surface area contributed by atoms with Crippen LogP contribution in [0.4, 0.5) is 4.79 Å². The van der Waals surface area contributed by atoms with Crippen LogP contribution in [0.25, 0.3) is 0 Å². The Balaban J connectivity index is 3.09. The van der Waals surface area contributed by atoms with Crippen molar-refractivity contribution >= 4 is 6.09 Å². The fourth-order valence-corrected chi connectivity index (χ4v) is 2.20. The van der Waals surface area contributed by atoms with Gasteiger partial charge in [0, 0.05) is 0 Å². The second kappa shape index (κ2) is 4.19. The zero-order chi connectivity index (χ0) is 12.5. The van der Waals surface area contributed by atoms with Gasteiger partial charge < -0.3 is 10.2 Å². The van der Waals surface area contributed by atoms with Crippen LogP contribution in [-0.2, 0) is 0 Å². The van der Waals surface area contributed by atoms with Crippen molar-refractivity contribution in [2.45, 2.75) is 39.0 Å². The van der Waals surface area contributed by atoms with E-state index in [2.05, 4.69) is 10.0 Å². The summed E-state index contributed by atoms with van der Waals surface area (Å²) in [4.78, 5) is 15.1. The molecular weight excluding hydrogens is 212 g/mol. The number of hydrogen-bond acceptors (Lipinski definition) is 4. The molecule has 1 heterocycles. The quantitative estimate of drug-likeness (QED) is 0.454. The molecule has 0 aromatic heterocycles. The van der Waals surface area contributed by atoms with Gasteiger partial charge in [0.15, 0.2) is 6.04 Å². The van der Waals surface area contributed by atoms with Gasteiger partial charge in [-0.3, -0.25) is 4.90 Å². The molecule has 7 nitrogen and oxygen atoms in total. The highest BCUT2D eigenvalue weighted by Crippen LogP contribution is 2.34. The molecule has 1 saturated heterocycles. The molecule has 3 atom stereocenters. The molecule has 1 aliphatic heterocycles. The van der Waals surface area contributed by atoms with Gasteiger partial charge in [-0.05, 0) is 5.41 Å². The van der Waals surface area contributed by atoms with Crippen LogP contribution in [0, 0.1) is 10.9 Å². The minimum absolute atomic E-state index is 0.0148. The average Bonchev–Trinajstić information content (AvgIpc) is 2.44. The van der Waals surface area contributed by atoms with Gasteiger partial charge in [-0.1, -0.05) is 20.8 Å². The standard InChI is InChI=1S/C9H16N4O3/c1-9(2,3)7-6(11-12-10)5(14)4-13(7)8(15)16/h5-7,10,14H,4H2,1-3H3/p+1/t5-,6+,7?/m1/s1. The maximum Gasteiger partial charge on any atom is 0.407 e. The van der Waals surface area contributed by atoms with Gasteiger partial charge in [-0.2, -0.15) is 0 Å². The molecule has 7 heteroatoms. The van der Waals surface area contributed by atoms with Crippen LogP contribution in [0.1, 0.15) is 20.8 Å². The lowest BCUT2D eigenvalue weighted by atomic mass is 9.82. The summed E-state index contributed by atoms with van der Waals surface area (Å²) in [5, 5.41) is 22.4. The Morgan fingerprint density at radius 2 is 2.12 bits per heavy atom. The van der Waals surface area contributed by atoms with Gasteiger partial charge >= 0.3 is 6.09 Å². The third-order valence-electron chi connectivity index (χ3n) is 2.76. The van der Waals surface area contributed by atoms with Crippen molar-refractivity contribution in [1.82, 2.24) is 9.81 Å². The van der Waals surface area contributed by atoms with E-state index in [4.69, 9.17) is 10.6 Å². The van der Waals surface area contributed by atoms with Crippen molar-refractivity contribution in [2.24, 2.45) is 10.5 Å². The van der Waals surface area contributed by atoms with Gasteiger partial charge in [0.1, 0.15) is 16.7 Å². The average molecular weight is 229 g/mol. The molecule has 3 N–H and O–H groups in total. The van der Waals surface area contributed by atoms with Crippen LogP contribution in [0.5, 0.6) is 0 Å². The molecule has 90 valence electrons. The van der Waals surface area contributed by atoms with Crippen LogP contribution >= 0.6 is 0 Å². The van der Waals surface area contributed by atoms with E-state index in [0.29, 0.717) is 0 Å². The van der Waals surface area contributed by atoms with E-state index in [1.165, 1.54) is 4.90 Å². The molecule has 1 aliphatic rings. The maximum absolute atomic E-state index is 11.0. The van der Waals surface area contributed by atoms with E-state index >= 15 is 0 Å². The van der Waals surface area contributed by atoms with Crippen LogP contribution < -0.4 is 4.91 Å². The van der Waals surface area contributed by atoms with Crippen LogP contribution in [-0.4, -0.2) is 45.9 Å². The Labute approximate surface area is 93.3 Å². The van der Waals surface area contributed by atoms with E-state index < -0.39 is 24.3 Å². The van der Waals surface area contributed by atoms with Gasteiger partial charge in [0.2, 0.25) is 4.91 Å². The Kier molecular flexibility index (Phi) is 3.30. The number of amides is 1. The fraction of sp³-hybridized carbons (Fsp3) is 0.889. The van der Waals surface area contributed by atoms with E-state index in [-0.39, 0.29) is 12.0 Å². The third-order valence-corrected chi connectivity index (χ3v) is 2.76. The monoisotopic (exact) mass is 229 g/mol. The molecule has 0 aromatic rings. The summed E-state index contributed by atoms with van der Waals surface area (Å²) in [7, 11) is 0. The molecule has 1 amide bonds. The number of aliphatic hydroxyl groups is 1. The first-order valence-electron chi connectivity index (χ1n) is 5.03. The van der Waals surface area contributed by atoms with Gasteiger partial charge in [0.25, 0.3) is 0 Å². The normalized spacial score (nSPS) is 30.0. The number of aliphatic hydroxyl groups excluding tert-OH is 1. The van der Waals surface area contributed by atoms with Gasteiger partial charge in [-0.15, -0.1) is 0 Å². The van der Waals surface area contributed by atoms with Gasteiger partial charge in [-0.25, -0.2) is 4.79 Å². The second-order valence-electron chi connectivity index (χ2n) is 5.02. The zero-order valence-corrected chi connectivity index (χ0v) is 9.58. The van der Waals surface area contributed by atoms with Crippen molar-refractivity contribution in [3.63, 3.8) is 0 Å². The SMILES string of the molecule is CC(C)(C)C1[C@@H](N=[N+]=N)[C@H](O)CN1C(=O)O. The van der Waals surface area contributed by atoms with Crippen molar-refractivity contribution in [1.29, 1.82) is 5.53 Å². The van der Waals surface area contributed by atoms with Crippen LogP contribution in [0.2, 0.25) is 0 Å². The number of rotatable bonds is 1. The van der Waals surface area contributed by atoms with Crippen molar-refractivity contribution in [3.05, 3.63) is 0 Å². The predicted molar refractivity (Wildman–Crippen MR) is 55.1 cm³/mol. The third kappa shape index (κ3) is 2.20. The molecule has 1 unspecified atom stereocenters. The van der Waals surface area contributed by atoms with E-state index in [9.17, 15) is 9.90 Å². The lowest BCUT2D eigenvalue weighted by Crippen LogP contribution is -2.47. The Hall–Kier alpha value is -1.46. The zero-order valence-electron chi connectivity index (χ0n) is 9.58. The number of nitrogens with zero attached hydrogens (tertiary/aromatic N) is 3. The first-order chi connectivity index (χ1) is 7.29. The van der Waals surface area contributed by atoms with E-state index in [1.54, 1.807) is 0 Å². The summed E-state index contributed by atoms with van der Waals surface area (Å²) in [6.45, 7) is 5.63. The number of hydrogen-bond donors (Lipinski definition) is 3. The number of carbonyl (C=O) groups is 1. The van der Waals surface area contributed by atoms with Crippen LogP contribution in [0.3, 0.4) is 0 Å². The van der Waals surface area contributed by atoms with E-state index in [1.807, 2.05) is 20.8 Å². The molecule has 0 aliphatic carbocycles. The van der Waals surface area contributed by atoms with E-state index in [0.717, 1.165) is 0 Å². The minimum atomic E-state index is -1.08. The highest BCUT2D eigenvalue weighted by atomic mass is 16.4. The predicted octanol–water partition coefficient (Wildman–Crippen LogP) is 0.675. The first kappa shape index (κ1) is 12.6. The van der Waals surface area contributed by atoms with Crippen molar-refractivity contribution in [3.8, 4) is 0 Å². The number of carboxylic acid groups (broad SMARTS) is 1. The Morgan fingerprint density at radius 1 is 1.56 bits per heavy atom. The lowest BCUT2D eigenvalue weighted by Gasteiger charge is -2.33. The molecule has 0 aromatic carbocycles. The molecule has 0 radical (unpaired) electrons. The van der Waals surface area contributed by atoms with Crippen molar-refractivity contribution in [2.75, 3.05) is 6.54 Å². The largest absolute Gasteiger partial charge is 0.465 e. The highest BCUT2D eigenvalue weighted by molar-refractivity contribution is 5.66. The number of likely N-dealkylation sites (tertiary alicyclic amines) is 1. The first-order valence-corrected chi connectivity index (χ1v) is 5.03. The Morgan fingerprint density at radius 3 is 2.50 bits per heavy atom. The smallest absolute Gasteiger partial charge is 0.407 e. The molecule has 0 bridgehead atoms. The summed E-state index contributed by atoms with van der Waals surface area (Å²) in [6.07, 6.45) is -1.98. The number of nitrogens with one attached hydrogen (secondary N) is 1. The van der Waals surface area contributed by atoms with Gasteiger partial charge in [0.05, 0.1) is 12.6 Å². The summed E-state index contributed by atoms with van der Waals surface area (Å²) >= 11 is 0. The maximum atomic E-state index is 11.0. The summed E-state index contributed by atoms with van der Waals surface area (Å²) < 4.78 is 0. The van der Waals surface area contributed by atoms with Crippen LogP contribution in [0.15, 0.2) is 5.11 Å². The molecular formula is C9H17N4O3+. The summed E-state index contributed by atoms with van der Waals surface area (Å²) in [5.74, 6) is 0. The second-order valence-corrected chi connectivity index (χ2v) is 5.02. The highest BCUT2D eigenvalue weighted by Gasteiger charge is 2.51. The molecule has 0 saturated carbocycles. The van der Waals surface area contributed by atoms with Crippen molar-refractivity contribution < 1.29 is 15.0 Å². The molecule has 16 heavy (non-hydrogen) atoms. The molecule has 1 fully saturated rings. The lowest BCUT2D eigenvalue weighted by molar-refractivity contribution is 0.101. The molecule has 1 rings (SSSR count). The topological polar surface area (TPSA) is 111 Å². The summed E-state index contributed by atoms with van der Waals surface area (Å²) in [6, 6.07) is -1.12. The fourth-order valence-electron chi connectivity index (χ4n) is 2.20. The number of β-amino-alcohol motifs (C(OH)–C–C–N with tert-alkyl or cyclic N) is 1. The molecule has 0 spiro atoms.